The summed E-state index contributed by atoms with van der Waals surface area (Å²) in [7, 11) is 3.71. The minimum atomic E-state index is -0.377. The molecule has 0 radical (unpaired) electrons. The Hall–Kier alpha value is -0.530. The van der Waals surface area contributed by atoms with Gasteiger partial charge < -0.3 is 4.90 Å². The highest BCUT2D eigenvalue weighted by Crippen LogP contribution is 1.76. The molecule has 0 aromatic rings. The first-order valence-electron chi connectivity index (χ1n) is 2.16. The fourth-order valence-electron chi connectivity index (χ4n) is 0.251. The van der Waals surface area contributed by atoms with Crippen molar-refractivity contribution >= 4 is 0 Å². The molecule has 0 saturated heterocycles. The fraction of sp³-hybridized carbons (Fsp3) is 0.600. The zero-order valence-electron chi connectivity index (χ0n) is 4.69. The minimum Gasteiger partial charge on any atom is -0.384 e. The molecule has 1 nitrogen and oxygen atoms in total. The molecule has 0 N–H and O–H groups in total. The Morgan fingerprint density at radius 2 is 2.14 bits per heavy atom. The Labute approximate surface area is 43.4 Å². The number of alkyl halides is 1. The van der Waals surface area contributed by atoms with Gasteiger partial charge in [-0.3, -0.25) is 0 Å². The van der Waals surface area contributed by atoms with Crippen LogP contribution in [0.3, 0.4) is 0 Å². The Balaban J connectivity index is 3.08. The van der Waals surface area contributed by atoms with E-state index in [4.69, 9.17) is 0 Å². The zero-order chi connectivity index (χ0) is 5.70. The molecule has 0 atom stereocenters. The topological polar surface area (TPSA) is 3.24 Å². The maximum Gasteiger partial charge on any atom is 0.109 e. The van der Waals surface area contributed by atoms with E-state index in [0.717, 1.165) is 0 Å². The molecule has 0 fully saturated rings. The lowest BCUT2D eigenvalue weighted by atomic mass is 10.6. The second kappa shape index (κ2) is 3.65. The largest absolute Gasteiger partial charge is 0.384 e. The molecule has 0 aliphatic rings. The molecule has 0 unspecified atom stereocenters. The molecule has 0 heterocycles. The molecular weight excluding hydrogens is 93.1 g/mol. The standard InChI is InChI=1S/C5H10FN/c1-7(2)5-3-4-6/h3,5H,4H2,1-2H3/b5-3+. The maximum absolute atomic E-state index is 11.2. The average Bonchev–Trinajstić information content (AvgIpc) is 1.61. The number of rotatable bonds is 2. The Kier molecular flexibility index (Phi) is 3.38. The van der Waals surface area contributed by atoms with Crippen LogP contribution in [0.1, 0.15) is 0 Å². The van der Waals surface area contributed by atoms with E-state index in [0.29, 0.717) is 0 Å². The Morgan fingerprint density at radius 3 is 2.29 bits per heavy atom. The summed E-state index contributed by atoms with van der Waals surface area (Å²) in [5, 5.41) is 0. The SMILES string of the molecule is CN(C)/C=C/CF. The van der Waals surface area contributed by atoms with Gasteiger partial charge in [-0.2, -0.15) is 0 Å². The average molecular weight is 103 g/mol. The van der Waals surface area contributed by atoms with Crippen LogP contribution in [0.5, 0.6) is 0 Å². The number of hydrogen-bond acceptors (Lipinski definition) is 1. The van der Waals surface area contributed by atoms with Gasteiger partial charge in [-0.1, -0.05) is 0 Å². The van der Waals surface area contributed by atoms with E-state index in [2.05, 4.69) is 0 Å². The number of allylic oxidation sites excluding steroid dienone is 1. The highest BCUT2D eigenvalue weighted by atomic mass is 19.1. The van der Waals surface area contributed by atoms with Crippen LogP contribution in [0.25, 0.3) is 0 Å². The first kappa shape index (κ1) is 6.47. The van der Waals surface area contributed by atoms with Crippen LogP contribution in [-0.4, -0.2) is 25.7 Å². The Morgan fingerprint density at radius 1 is 1.57 bits per heavy atom. The molecular formula is C5H10FN. The lowest BCUT2D eigenvalue weighted by Gasteiger charge is -2.00. The van der Waals surface area contributed by atoms with E-state index in [1.54, 1.807) is 11.1 Å². The van der Waals surface area contributed by atoms with Crippen LogP contribution >= 0.6 is 0 Å². The minimum absolute atomic E-state index is 0.377. The molecule has 0 rings (SSSR count). The monoisotopic (exact) mass is 103 g/mol. The third kappa shape index (κ3) is 5.47. The van der Waals surface area contributed by atoms with Crippen molar-refractivity contribution in [2.75, 3.05) is 20.8 Å². The van der Waals surface area contributed by atoms with E-state index < -0.39 is 0 Å². The number of halogens is 1. The normalized spacial score (nSPS) is 10.1. The van der Waals surface area contributed by atoms with Crippen molar-refractivity contribution in [1.82, 2.24) is 4.90 Å². The predicted molar refractivity (Wildman–Crippen MR) is 28.8 cm³/mol. The van der Waals surface area contributed by atoms with Crippen molar-refractivity contribution in [1.29, 1.82) is 0 Å². The summed E-state index contributed by atoms with van der Waals surface area (Å²) in [4.78, 5) is 1.79. The van der Waals surface area contributed by atoms with Gasteiger partial charge in [-0.05, 0) is 12.3 Å². The summed E-state index contributed by atoms with van der Waals surface area (Å²) in [6.45, 7) is -0.377. The Bertz CT molecular complexity index is 59.1. The van der Waals surface area contributed by atoms with Crippen molar-refractivity contribution in [3.05, 3.63) is 12.3 Å². The third-order valence-corrected chi connectivity index (χ3v) is 0.493. The lowest BCUT2D eigenvalue weighted by Crippen LogP contribution is -1.99. The molecule has 0 amide bonds. The summed E-state index contributed by atoms with van der Waals surface area (Å²) in [6.07, 6.45) is 3.14. The van der Waals surface area contributed by atoms with Crippen LogP contribution in [0.15, 0.2) is 12.3 Å². The third-order valence-electron chi connectivity index (χ3n) is 0.493. The van der Waals surface area contributed by atoms with Crippen molar-refractivity contribution in [2.24, 2.45) is 0 Å². The molecule has 0 spiro atoms. The van der Waals surface area contributed by atoms with Crippen LogP contribution in [0.4, 0.5) is 4.39 Å². The lowest BCUT2D eigenvalue weighted by molar-refractivity contribution is 0.531. The van der Waals surface area contributed by atoms with Crippen molar-refractivity contribution in [3.63, 3.8) is 0 Å². The molecule has 7 heavy (non-hydrogen) atoms. The number of hydrogen-bond donors (Lipinski definition) is 0. The summed E-state index contributed by atoms with van der Waals surface area (Å²) in [5.41, 5.74) is 0. The van der Waals surface area contributed by atoms with Gasteiger partial charge in [0.15, 0.2) is 0 Å². The van der Waals surface area contributed by atoms with Gasteiger partial charge in [0, 0.05) is 14.1 Å². The van der Waals surface area contributed by atoms with Gasteiger partial charge in [0.1, 0.15) is 6.67 Å². The van der Waals surface area contributed by atoms with E-state index in [1.165, 1.54) is 6.08 Å². The molecule has 2 heteroatoms. The molecule has 0 bridgehead atoms. The summed E-state index contributed by atoms with van der Waals surface area (Å²) >= 11 is 0. The summed E-state index contributed by atoms with van der Waals surface area (Å²) < 4.78 is 11.2. The molecule has 0 saturated carbocycles. The van der Waals surface area contributed by atoms with Crippen molar-refractivity contribution in [2.45, 2.75) is 0 Å². The first-order chi connectivity index (χ1) is 3.27. The van der Waals surface area contributed by atoms with Crippen molar-refractivity contribution in [3.8, 4) is 0 Å². The van der Waals surface area contributed by atoms with E-state index >= 15 is 0 Å². The van der Waals surface area contributed by atoms with Gasteiger partial charge >= 0.3 is 0 Å². The second-order valence-corrected chi connectivity index (χ2v) is 1.50. The molecule has 42 valence electrons. The molecule has 0 aliphatic carbocycles. The molecule has 0 aromatic carbocycles. The quantitative estimate of drug-likeness (QED) is 0.504. The van der Waals surface area contributed by atoms with Gasteiger partial charge in [-0.25, -0.2) is 4.39 Å². The van der Waals surface area contributed by atoms with Crippen molar-refractivity contribution < 1.29 is 4.39 Å². The first-order valence-corrected chi connectivity index (χ1v) is 2.16. The van der Waals surface area contributed by atoms with Crippen LogP contribution in [0.2, 0.25) is 0 Å². The van der Waals surface area contributed by atoms with E-state index in [9.17, 15) is 4.39 Å². The van der Waals surface area contributed by atoms with Crippen LogP contribution in [0, 0.1) is 0 Å². The van der Waals surface area contributed by atoms with Crippen LogP contribution < -0.4 is 0 Å². The highest BCUT2D eigenvalue weighted by Gasteiger charge is 1.71. The van der Waals surface area contributed by atoms with Gasteiger partial charge in [0.05, 0.1) is 0 Å². The fourth-order valence-corrected chi connectivity index (χ4v) is 0.251. The summed E-state index contributed by atoms with van der Waals surface area (Å²) in [5.74, 6) is 0. The number of nitrogens with zero attached hydrogens (tertiary/aromatic N) is 1. The van der Waals surface area contributed by atoms with E-state index in [-0.39, 0.29) is 6.67 Å². The predicted octanol–water partition coefficient (Wildman–Crippen LogP) is 1.03. The highest BCUT2D eigenvalue weighted by molar-refractivity contribution is 4.77. The van der Waals surface area contributed by atoms with Crippen LogP contribution in [-0.2, 0) is 0 Å². The molecule has 0 aliphatic heterocycles. The summed E-state index contributed by atoms with van der Waals surface area (Å²) in [6, 6.07) is 0. The van der Waals surface area contributed by atoms with Gasteiger partial charge in [0.2, 0.25) is 0 Å². The second-order valence-electron chi connectivity index (χ2n) is 1.50. The van der Waals surface area contributed by atoms with Gasteiger partial charge in [0.25, 0.3) is 0 Å². The molecule has 0 aromatic heterocycles. The van der Waals surface area contributed by atoms with Gasteiger partial charge in [-0.15, -0.1) is 0 Å². The van der Waals surface area contributed by atoms with E-state index in [1.807, 2.05) is 14.1 Å². The smallest absolute Gasteiger partial charge is 0.109 e. The zero-order valence-corrected chi connectivity index (χ0v) is 4.69. The maximum atomic E-state index is 11.2.